The Morgan fingerprint density at radius 3 is 2.61 bits per heavy atom. The van der Waals surface area contributed by atoms with Gasteiger partial charge in [-0.2, -0.15) is 0 Å². The molecule has 3 unspecified atom stereocenters. The molecule has 0 bridgehead atoms. The summed E-state index contributed by atoms with van der Waals surface area (Å²) in [6.07, 6.45) is 0. The largest absolute Gasteiger partial charge is 0.469 e. The highest BCUT2D eigenvalue weighted by Gasteiger charge is 2.36. The second kappa shape index (κ2) is 6.73. The quantitative estimate of drug-likeness (QED) is 0.686. The second-order valence-corrected chi connectivity index (χ2v) is 4.98. The third-order valence-electron chi connectivity index (χ3n) is 3.41. The topological polar surface area (TPSA) is 55.8 Å². The zero-order valence-electron chi connectivity index (χ0n) is 11.6. The Kier molecular flexibility index (Phi) is 5.59. The van der Waals surface area contributed by atoms with Gasteiger partial charge in [-0.1, -0.05) is 13.8 Å². The predicted octanol–water partition coefficient (Wildman–Crippen LogP) is 0.927. The molecule has 1 rings (SSSR count). The van der Waals surface area contributed by atoms with Crippen molar-refractivity contribution < 1.29 is 19.1 Å². The van der Waals surface area contributed by atoms with Crippen LogP contribution in [0.3, 0.4) is 0 Å². The number of carbonyl (C=O) groups is 2. The van der Waals surface area contributed by atoms with Crippen molar-refractivity contribution in [2.24, 2.45) is 17.8 Å². The van der Waals surface area contributed by atoms with Gasteiger partial charge in [-0.3, -0.25) is 9.59 Å². The van der Waals surface area contributed by atoms with Gasteiger partial charge in [0.1, 0.15) is 0 Å². The van der Waals surface area contributed by atoms with E-state index in [1.165, 1.54) is 7.11 Å². The van der Waals surface area contributed by atoms with E-state index in [-0.39, 0.29) is 29.7 Å². The van der Waals surface area contributed by atoms with E-state index in [9.17, 15) is 9.59 Å². The van der Waals surface area contributed by atoms with Gasteiger partial charge >= 0.3 is 11.9 Å². The summed E-state index contributed by atoms with van der Waals surface area (Å²) >= 11 is 0. The van der Waals surface area contributed by atoms with E-state index in [1.807, 2.05) is 13.8 Å². The number of hydrogen-bond donors (Lipinski definition) is 0. The van der Waals surface area contributed by atoms with Crippen LogP contribution in [-0.4, -0.2) is 50.2 Å². The van der Waals surface area contributed by atoms with E-state index in [0.717, 1.165) is 6.54 Å². The van der Waals surface area contributed by atoms with Crippen LogP contribution in [0.4, 0.5) is 0 Å². The molecule has 0 radical (unpaired) electrons. The van der Waals surface area contributed by atoms with Gasteiger partial charge in [-0.05, 0) is 12.8 Å². The molecule has 0 aromatic rings. The van der Waals surface area contributed by atoms with Crippen molar-refractivity contribution in [1.82, 2.24) is 4.90 Å². The van der Waals surface area contributed by atoms with Crippen LogP contribution < -0.4 is 0 Å². The minimum atomic E-state index is -0.174. The minimum absolute atomic E-state index is 0.0793. The SMILES string of the molecule is CCOC(=O)C(C)CN1CC(C)C(C(=O)OC)C1. The smallest absolute Gasteiger partial charge is 0.310 e. The maximum absolute atomic E-state index is 11.6. The molecule has 5 nitrogen and oxygen atoms in total. The van der Waals surface area contributed by atoms with Crippen LogP contribution in [-0.2, 0) is 19.1 Å². The summed E-state index contributed by atoms with van der Waals surface area (Å²) in [5.74, 6) is -0.301. The van der Waals surface area contributed by atoms with Crippen molar-refractivity contribution in [2.75, 3.05) is 33.4 Å². The summed E-state index contributed by atoms with van der Waals surface area (Å²) in [6, 6.07) is 0. The Labute approximate surface area is 108 Å². The zero-order valence-corrected chi connectivity index (χ0v) is 11.6. The van der Waals surface area contributed by atoms with Crippen LogP contribution in [0.25, 0.3) is 0 Å². The van der Waals surface area contributed by atoms with E-state index in [2.05, 4.69) is 4.90 Å². The van der Waals surface area contributed by atoms with E-state index in [4.69, 9.17) is 9.47 Å². The normalized spacial score (nSPS) is 25.8. The molecule has 1 aliphatic rings. The third-order valence-corrected chi connectivity index (χ3v) is 3.41. The molecule has 1 saturated heterocycles. The van der Waals surface area contributed by atoms with E-state index in [0.29, 0.717) is 19.7 Å². The number of likely N-dealkylation sites (tertiary alicyclic amines) is 1. The lowest BCUT2D eigenvalue weighted by molar-refractivity contribution is -0.147. The Morgan fingerprint density at radius 2 is 2.06 bits per heavy atom. The number of carbonyl (C=O) groups excluding carboxylic acids is 2. The molecular formula is C13H23NO4. The standard InChI is InChI=1S/C13H23NO4/c1-5-18-12(15)10(3)7-14-6-9(2)11(8-14)13(16)17-4/h9-11H,5-8H2,1-4H3. The highest BCUT2D eigenvalue weighted by Crippen LogP contribution is 2.24. The molecule has 1 fully saturated rings. The summed E-state index contributed by atoms with van der Waals surface area (Å²) < 4.78 is 9.77. The van der Waals surface area contributed by atoms with Crippen molar-refractivity contribution in [3.05, 3.63) is 0 Å². The molecule has 0 aliphatic carbocycles. The fourth-order valence-electron chi connectivity index (χ4n) is 2.42. The number of ether oxygens (including phenoxy) is 2. The van der Waals surface area contributed by atoms with Gasteiger partial charge in [0.2, 0.25) is 0 Å². The maximum atomic E-state index is 11.6. The van der Waals surface area contributed by atoms with E-state index in [1.54, 1.807) is 6.92 Å². The van der Waals surface area contributed by atoms with Gasteiger partial charge in [-0.25, -0.2) is 0 Å². The second-order valence-electron chi connectivity index (χ2n) is 4.98. The predicted molar refractivity (Wildman–Crippen MR) is 66.9 cm³/mol. The lowest BCUT2D eigenvalue weighted by Crippen LogP contribution is -2.32. The van der Waals surface area contributed by atoms with Crippen LogP contribution in [0.15, 0.2) is 0 Å². The first-order chi connectivity index (χ1) is 8.49. The molecule has 1 aliphatic heterocycles. The molecule has 5 heteroatoms. The van der Waals surface area contributed by atoms with Crippen LogP contribution in [0.1, 0.15) is 20.8 Å². The maximum Gasteiger partial charge on any atom is 0.310 e. The molecular weight excluding hydrogens is 234 g/mol. The zero-order chi connectivity index (χ0) is 13.7. The summed E-state index contributed by atoms with van der Waals surface area (Å²) in [5, 5.41) is 0. The van der Waals surface area contributed by atoms with Gasteiger partial charge in [0.05, 0.1) is 25.6 Å². The van der Waals surface area contributed by atoms with Crippen molar-refractivity contribution in [2.45, 2.75) is 20.8 Å². The first kappa shape index (κ1) is 15.0. The average Bonchev–Trinajstić information content (AvgIpc) is 2.69. The summed E-state index contributed by atoms with van der Waals surface area (Å²) in [7, 11) is 1.42. The van der Waals surface area contributed by atoms with Gasteiger partial charge < -0.3 is 14.4 Å². The van der Waals surface area contributed by atoms with Gasteiger partial charge in [0, 0.05) is 19.6 Å². The number of methoxy groups -OCH3 is 1. The van der Waals surface area contributed by atoms with Crippen molar-refractivity contribution in [3.8, 4) is 0 Å². The van der Waals surface area contributed by atoms with Crippen LogP contribution in [0.5, 0.6) is 0 Å². The number of esters is 2. The van der Waals surface area contributed by atoms with Gasteiger partial charge in [0.15, 0.2) is 0 Å². The first-order valence-corrected chi connectivity index (χ1v) is 6.46. The number of rotatable bonds is 5. The van der Waals surface area contributed by atoms with Gasteiger partial charge in [0.25, 0.3) is 0 Å². The van der Waals surface area contributed by atoms with Crippen LogP contribution >= 0.6 is 0 Å². The first-order valence-electron chi connectivity index (χ1n) is 6.46. The fraction of sp³-hybridized carbons (Fsp3) is 0.846. The van der Waals surface area contributed by atoms with Crippen molar-refractivity contribution in [3.63, 3.8) is 0 Å². The Balaban J connectivity index is 2.46. The summed E-state index contributed by atoms with van der Waals surface area (Å²) in [5.41, 5.74) is 0. The molecule has 0 saturated carbocycles. The molecule has 1 heterocycles. The Bertz CT molecular complexity index is 305. The van der Waals surface area contributed by atoms with E-state index < -0.39 is 0 Å². The molecule has 18 heavy (non-hydrogen) atoms. The molecule has 0 aromatic carbocycles. The average molecular weight is 257 g/mol. The van der Waals surface area contributed by atoms with Gasteiger partial charge in [-0.15, -0.1) is 0 Å². The Morgan fingerprint density at radius 1 is 1.39 bits per heavy atom. The molecule has 0 amide bonds. The monoisotopic (exact) mass is 257 g/mol. The minimum Gasteiger partial charge on any atom is -0.469 e. The molecule has 3 atom stereocenters. The molecule has 0 spiro atoms. The van der Waals surface area contributed by atoms with Crippen molar-refractivity contribution in [1.29, 1.82) is 0 Å². The van der Waals surface area contributed by atoms with Crippen molar-refractivity contribution >= 4 is 11.9 Å². The summed E-state index contributed by atoms with van der Waals surface area (Å²) in [4.78, 5) is 25.2. The molecule has 0 N–H and O–H groups in total. The fourth-order valence-corrected chi connectivity index (χ4v) is 2.42. The Hall–Kier alpha value is -1.10. The number of hydrogen-bond acceptors (Lipinski definition) is 5. The third kappa shape index (κ3) is 3.70. The molecule has 104 valence electrons. The summed E-state index contributed by atoms with van der Waals surface area (Å²) in [6.45, 7) is 8.22. The highest BCUT2D eigenvalue weighted by atomic mass is 16.5. The number of nitrogens with zero attached hydrogens (tertiary/aromatic N) is 1. The molecule has 0 aromatic heterocycles. The van der Waals surface area contributed by atoms with Crippen LogP contribution in [0, 0.1) is 17.8 Å². The van der Waals surface area contributed by atoms with Crippen LogP contribution in [0.2, 0.25) is 0 Å². The lowest BCUT2D eigenvalue weighted by atomic mass is 9.99. The van der Waals surface area contributed by atoms with E-state index >= 15 is 0 Å². The highest BCUT2D eigenvalue weighted by molar-refractivity contribution is 5.73. The lowest BCUT2D eigenvalue weighted by Gasteiger charge is -2.19.